The Bertz CT molecular complexity index is 486. The van der Waals surface area contributed by atoms with Crippen LogP contribution in [0.25, 0.3) is 0 Å². The molecule has 1 fully saturated rings. The van der Waals surface area contributed by atoms with Gasteiger partial charge >= 0.3 is 0 Å². The van der Waals surface area contributed by atoms with Crippen molar-refractivity contribution < 1.29 is 14.6 Å². The highest BCUT2D eigenvalue weighted by Crippen LogP contribution is 2.24. The molecule has 7 heteroatoms. The number of nitro benzene ring substituents is 1. The van der Waals surface area contributed by atoms with Crippen molar-refractivity contribution in [1.29, 1.82) is 0 Å². The van der Waals surface area contributed by atoms with Crippen LogP contribution in [0.3, 0.4) is 0 Å². The van der Waals surface area contributed by atoms with E-state index in [1.165, 1.54) is 17.2 Å². The number of benzene rings is 1. The molecule has 0 aromatic heterocycles. The van der Waals surface area contributed by atoms with E-state index in [0.29, 0.717) is 13.2 Å². The average Bonchev–Trinajstić information content (AvgIpc) is 2.39. The largest absolute Gasteiger partial charge is 0.284 e. The quantitative estimate of drug-likeness (QED) is 0.460. The van der Waals surface area contributed by atoms with Gasteiger partial charge in [-0.2, -0.15) is 0 Å². The number of amides is 1. The van der Waals surface area contributed by atoms with Gasteiger partial charge in [-0.25, -0.2) is 5.06 Å². The van der Waals surface area contributed by atoms with Crippen LogP contribution in [-0.4, -0.2) is 29.0 Å². The third-order valence-electron chi connectivity index (χ3n) is 2.62. The fourth-order valence-corrected chi connectivity index (χ4v) is 2.20. The van der Waals surface area contributed by atoms with E-state index in [1.54, 1.807) is 6.07 Å². The summed E-state index contributed by atoms with van der Waals surface area (Å²) in [5, 5.41) is 12.2. The van der Waals surface area contributed by atoms with Crippen LogP contribution in [0.1, 0.15) is 23.2 Å². The first-order valence-electron chi connectivity index (χ1n) is 5.48. The first-order valence-corrected chi connectivity index (χ1v) is 6.56. The van der Waals surface area contributed by atoms with Crippen LogP contribution in [0.5, 0.6) is 0 Å². The van der Waals surface area contributed by atoms with Crippen molar-refractivity contribution in [3.63, 3.8) is 0 Å². The van der Waals surface area contributed by atoms with Gasteiger partial charge in [-0.15, -0.1) is 0 Å². The number of nitro groups is 1. The molecular weight excluding hydrogens is 351 g/mol. The number of carbonyl (C=O) groups is 1. The molecule has 1 aromatic carbocycles. The van der Waals surface area contributed by atoms with E-state index < -0.39 is 10.8 Å². The molecule has 6 nitrogen and oxygen atoms in total. The zero-order chi connectivity index (χ0) is 13.1. The number of rotatable bonds is 2. The van der Waals surface area contributed by atoms with E-state index in [1.807, 2.05) is 22.6 Å². The zero-order valence-corrected chi connectivity index (χ0v) is 11.6. The molecule has 0 aliphatic carbocycles. The topological polar surface area (TPSA) is 72.7 Å². The summed E-state index contributed by atoms with van der Waals surface area (Å²) >= 11 is 1.97. The van der Waals surface area contributed by atoms with Crippen LogP contribution in [-0.2, 0) is 4.84 Å². The smallest absolute Gasteiger partial charge is 0.271 e. The molecule has 18 heavy (non-hydrogen) atoms. The van der Waals surface area contributed by atoms with Gasteiger partial charge in [0.1, 0.15) is 5.56 Å². The second kappa shape index (κ2) is 5.61. The summed E-state index contributed by atoms with van der Waals surface area (Å²) in [6, 6.07) is 4.53. The zero-order valence-electron chi connectivity index (χ0n) is 9.47. The molecule has 1 aliphatic rings. The first-order chi connectivity index (χ1) is 8.59. The van der Waals surface area contributed by atoms with Crippen LogP contribution < -0.4 is 0 Å². The lowest BCUT2D eigenvalue weighted by atomic mass is 10.1. The fourth-order valence-electron chi connectivity index (χ4n) is 1.73. The Kier molecular flexibility index (Phi) is 4.12. The van der Waals surface area contributed by atoms with E-state index in [0.717, 1.165) is 16.4 Å². The molecule has 0 bridgehead atoms. The molecule has 1 aromatic rings. The number of hydroxylamine groups is 2. The summed E-state index contributed by atoms with van der Waals surface area (Å²) in [6.45, 7) is 0.950. The van der Waals surface area contributed by atoms with Gasteiger partial charge in [0.05, 0.1) is 11.5 Å². The minimum Gasteiger partial charge on any atom is -0.271 e. The van der Waals surface area contributed by atoms with E-state index in [9.17, 15) is 14.9 Å². The molecule has 1 heterocycles. The van der Waals surface area contributed by atoms with Crippen molar-refractivity contribution in [2.24, 2.45) is 0 Å². The molecular formula is C11H11IN2O4. The molecule has 0 unspecified atom stereocenters. The third-order valence-corrected chi connectivity index (χ3v) is 3.29. The van der Waals surface area contributed by atoms with Gasteiger partial charge in [0.25, 0.3) is 11.6 Å². The molecule has 96 valence electrons. The van der Waals surface area contributed by atoms with Crippen molar-refractivity contribution in [1.82, 2.24) is 5.06 Å². The number of halogens is 1. The molecule has 1 aliphatic heterocycles. The van der Waals surface area contributed by atoms with Crippen LogP contribution in [0, 0.1) is 13.7 Å². The van der Waals surface area contributed by atoms with E-state index in [4.69, 9.17) is 4.84 Å². The monoisotopic (exact) mass is 362 g/mol. The SMILES string of the molecule is O=C(c1ccc(I)cc1[N+](=O)[O-])N1CCCCO1. The Morgan fingerprint density at radius 1 is 1.44 bits per heavy atom. The summed E-state index contributed by atoms with van der Waals surface area (Å²) in [7, 11) is 0. The highest BCUT2D eigenvalue weighted by Gasteiger charge is 2.26. The maximum Gasteiger partial charge on any atom is 0.284 e. The van der Waals surface area contributed by atoms with Crippen molar-refractivity contribution in [2.75, 3.05) is 13.2 Å². The molecule has 0 N–H and O–H groups in total. The lowest BCUT2D eigenvalue weighted by Crippen LogP contribution is -2.36. The predicted molar refractivity (Wildman–Crippen MR) is 72.0 cm³/mol. The average molecular weight is 362 g/mol. The lowest BCUT2D eigenvalue weighted by molar-refractivity contribution is -0.385. The Hall–Kier alpha value is -1.22. The Morgan fingerprint density at radius 3 is 2.83 bits per heavy atom. The van der Waals surface area contributed by atoms with Gasteiger partial charge in [-0.05, 0) is 47.6 Å². The molecule has 1 amide bonds. The summed E-state index contributed by atoms with van der Waals surface area (Å²) in [5.74, 6) is -0.446. The van der Waals surface area contributed by atoms with Crippen molar-refractivity contribution >= 4 is 34.2 Å². The number of carbonyl (C=O) groups excluding carboxylic acids is 1. The summed E-state index contributed by atoms with van der Waals surface area (Å²) in [4.78, 5) is 27.8. The van der Waals surface area contributed by atoms with Gasteiger partial charge in [-0.1, -0.05) is 0 Å². The van der Waals surface area contributed by atoms with Crippen molar-refractivity contribution in [2.45, 2.75) is 12.8 Å². The Morgan fingerprint density at radius 2 is 2.22 bits per heavy atom. The maximum absolute atomic E-state index is 12.1. The highest BCUT2D eigenvalue weighted by atomic mass is 127. The molecule has 1 saturated heterocycles. The van der Waals surface area contributed by atoms with Gasteiger partial charge in [0, 0.05) is 16.2 Å². The van der Waals surface area contributed by atoms with E-state index in [2.05, 4.69) is 0 Å². The summed E-state index contributed by atoms with van der Waals surface area (Å²) in [6.07, 6.45) is 1.75. The fraction of sp³-hybridized carbons (Fsp3) is 0.364. The predicted octanol–water partition coefficient (Wildman–Crippen LogP) is 2.37. The molecule has 0 radical (unpaired) electrons. The lowest BCUT2D eigenvalue weighted by Gasteiger charge is -2.25. The Labute approximate surface area is 117 Å². The van der Waals surface area contributed by atoms with Crippen LogP contribution >= 0.6 is 22.6 Å². The number of nitrogens with zero attached hydrogens (tertiary/aromatic N) is 2. The molecule has 0 spiro atoms. The molecule has 2 rings (SSSR count). The van der Waals surface area contributed by atoms with Crippen molar-refractivity contribution in [3.05, 3.63) is 37.4 Å². The van der Waals surface area contributed by atoms with Crippen LogP contribution in [0.2, 0.25) is 0 Å². The van der Waals surface area contributed by atoms with E-state index in [-0.39, 0.29) is 11.3 Å². The second-order valence-corrected chi connectivity index (χ2v) is 5.11. The number of hydrogen-bond acceptors (Lipinski definition) is 4. The normalized spacial score (nSPS) is 15.5. The molecule has 0 saturated carbocycles. The second-order valence-electron chi connectivity index (χ2n) is 3.87. The minimum atomic E-state index is -0.542. The summed E-state index contributed by atoms with van der Waals surface area (Å²) in [5.41, 5.74) is -0.108. The number of hydrogen-bond donors (Lipinski definition) is 0. The van der Waals surface area contributed by atoms with Crippen LogP contribution in [0.4, 0.5) is 5.69 Å². The first kappa shape index (κ1) is 13.2. The Balaban J connectivity index is 2.31. The maximum atomic E-state index is 12.1. The third kappa shape index (κ3) is 2.78. The van der Waals surface area contributed by atoms with Gasteiger partial charge in [0.15, 0.2) is 0 Å². The van der Waals surface area contributed by atoms with Gasteiger partial charge < -0.3 is 0 Å². The van der Waals surface area contributed by atoms with Crippen molar-refractivity contribution in [3.8, 4) is 0 Å². The summed E-state index contributed by atoms with van der Waals surface area (Å²) < 4.78 is 0.718. The standard InChI is InChI=1S/C11H11IN2O4/c12-8-3-4-9(10(7-8)14(16)17)11(15)13-5-1-2-6-18-13/h3-4,7H,1-2,5-6H2. The van der Waals surface area contributed by atoms with Gasteiger partial charge in [-0.3, -0.25) is 19.7 Å². The van der Waals surface area contributed by atoms with E-state index >= 15 is 0 Å². The highest BCUT2D eigenvalue weighted by molar-refractivity contribution is 14.1. The van der Waals surface area contributed by atoms with Crippen LogP contribution in [0.15, 0.2) is 18.2 Å². The minimum absolute atomic E-state index is 0.0716. The molecule has 0 atom stereocenters. The van der Waals surface area contributed by atoms with Gasteiger partial charge in [0.2, 0.25) is 0 Å².